The van der Waals surface area contributed by atoms with E-state index < -0.39 is 16.0 Å². The topological polar surface area (TPSA) is 107 Å². The van der Waals surface area contributed by atoms with Crippen molar-refractivity contribution in [1.82, 2.24) is 9.97 Å². The largest absolute Gasteiger partial charge is 0.497 e. The van der Waals surface area contributed by atoms with Gasteiger partial charge in [-0.25, -0.2) is 23.2 Å². The van der Waals surface area contributed by atoms with Gasteiger partial charge in [0, 0.05) is 5.69 Å². The molecule has 0 atom stereocenters. The average molecular weight is 464 g/mol. The maximum absolute atomic E-state index is 12.8. The van der Waals surface area contributed by atoms with Gasteiger partial charge >= 0.3 is 5.97 Å². The third-order valence-electron chi connectivity index (χ3n) is 4.91. The van der Waals surface area contributed by atoms with Crippen molar-refractivity contribution in [2.75, 3.05) is 11.8 Å². The Bertz CT molecular complexity index is 1420. The molecule has 8 nitrogen and oxygen atoms in total. The Kier molecular flexibility index (Phi) is 6.23. The van der Waals surface area contributed by atoms with Crippen LogP contribution < -0.4 is 9.46 Å². The van der Waals surface area contributed by atoms with Crippen LogP contribution in [-0.2, 0) is 21.4 Å². The number of fused-ring (bicyclic) bond motifs is 1. The highest BCUT2D eigenvalue weighted by Crippen LogP contribution is 2.21. The summed E-state index contributed by atoms with van der Waals surface area (Å²) in [6, 6.07) is 19.5. The number of methoxy groups -OCH3 is 1. The van der Waals surface area contributed by atoms with Gasteiger partial charge in [-0.1, -0.05) is 18.2 Å². The summed E-state index contributed by atoms with van der Waals surface area (Å²) < 4.78 is 38.5. The number of aryl methyl sites for hydroxylation is 1. The molecule has 0 bridgehead atoms. The van der Waals surface area contributed by atoms with E-state index in [0.29, 0.717) is 28.3 Å². The van der Waals surface area contributed by atoms with E-state index in [1.54, 1.807) is 31.2 Å². The molecular formula is C24H21N3O5S. The number of rotatable bonds is 7. The van der Waals surface area contributed by atoms with Gasteiger partial charge in [-0.3, -0.25) is 4.72 Å². The number of nitrogens with one attached hydrogen (secondary N) is 1. The molecule has 0 saturated heterocycles. The van der Waals surface area contributed by atoms with Crippen molar-refractivity contribution in [3.8, 4) is 5.75 Å². The molecule has 0 aliphatic rings. The molecule has 1 aromatic heterocycles. The molecule has 0 aliphatic carbocycles. The number of benzene rings is 3. The van der Waals surface area contributed by atoms with E-state index in [1.807, 2.05) is 24.3 Å². The zero-order chi connectivity index (χ0) is 23.4. The lowest BCUT2D eigenvalue weighted by Gasteiger charge is -2.11. The van der Waals surface area contributed by atoms with Crippen LogP contribution in [0.2, 0.25) is 0 Å². The first-order valence-electron chi connectivity index (χ1n) is 10.0. The Hall–Kier alpha value is -3.98. The molecular weight excluding hydrogens is 442 g/mol. The third kappa shape index (κ3) is 5.09. The summed E-state index contributed by atoms with van der Waals surface area (Å²) in [6.07, 6.45) is 0. The minimum Gasteiger partial charge on any atom is -0.497 e. The van der Waals surface area contributed by atoms with Crippen molar-refractivity contribution < 1.29 is 22.7 Å². The smallest absolute Gasteiger partial charge is 0.338 e. The maximum atomic E-state index is 12.8. The Morgan fingerprint density at radius 3 is 2.33 bits per heavy atom. The SMILES string of the molecule is COc1ccc(NS(=O)(=O)c2cccc(C(=O)OCc3nc4ccccc4nc3C)c2)cc1. The maximum Gasteiger partial charge on any atom is 0.338 e. The van der Waals surface area contributed by atoms with Gasteiger partial charge < -0.3 is 9.47 Å². The third-order valence-corrected chi connectivity index (χ3v) is 6.28. The van der Waals surface area contributed by atoms with Gasteiger partial charge in [0.15, 0.2) is 0 Å². The first-order chi connectivity index (χ1) is 15.9. The van der Waals surface area contributed by atoms with Gasteiger partial charge in [0.1, 0.15) is 12.4 Å². The van der Waals surface area contributed by atoms with Gasteiger partial charge in [0.25, 0.3) is 10.0 Å². The Morgan fingerprint density at radius 2 is 1.64 bits per heavy atom. The second-order valence-corrected chi connectivity index (χ2v) is 8.86. The van der Waals surface area contributed by atoms with Crippen LogP contribution in [0.5, 0.6) is 5.75 Å². The number of hydrogen-bond donors (Lipinski definition) is 1. The van der Waals surface area contributed by atoms with Crippen molar-refractivity contribution >= 4 is 32.7 Å². The summed E-state index contributed by atoms with van der Waals surface area (Å²) in [5.74, 6) is -0.0557. The van der Waals surface area contributed by atoms with Gasteiger partial charge in [-0.2, -0.15) is 0 Å². The van der Waals surface area contributed by atoms with E-state index in [2.05, 4.69) is 14.7 Å². The monoisotopic (exact) mass is 463 g/mol. The molecule has 1 heterocycles. The Morgan fingerprint density at radius 1 is 0.939 bits per heavy atom. The summed E-state index contributed by atoms with van der Waals surface area (Å²) >= 11 is 0. The molecule has 168 valence electrons. The minimum absolute atomic E-state index is 0.0607. The number of ether oxygens (including phenoxy) is 2. The fourth-order valence-electron chi connectivity index (χ4n) is 3.14. The zero-order valence-electron chi connectivity index (χ0n) is 18.0. The van der Waals surface area contributed by atoms with Crippen molar-refractivity contribution in [3.63, 3.8) is 0 Å². The lowest BCUT2D eigenvalue weighted by molar-refractivity contribution is 0.0466. The molecule has 9 heteroatoms. The minimum atomic E-state index is -3.91. The van der Waals surface area contributed by atoms with Crippen molar-refractivity contribution in [2.45, 2.75) is 18.4 Å². The van der Waals surface area contributed by atoms with E-state index in [-0.39, 0.29) is 17.1 Å². The number of carbonyl (C=O) groups is 1. The molecule has 0 radical (unpaired) electrons. The van der Waals surface area contributed by atoms with E-state index >= 15 is 0 Å². The molecule has 0 unspecified atom stereocenters. The van der Waals surface area contributed by atoms with Gasteiger partial charge in [0.05, 0.1) is 40.0 Å². The highest BCUT2D eigenvalue weighted by atomic mass is 32.2. The summed E-state index contributed by atoms with van der Waals surface area (Å²) in [5, 5.41) is 0. The van der Waals surface area contributed by atoms with Gasteiger partial charge in [-0.15, -0.1) is 0 Å². The van der Waals surface area contributed by atoms with Crippen LogP contribution in [0.15, 0.2) is 77.7 Å². The van der Waals surface area contributed by atoms with E-state index in [9.17, 15) is 13.2 Å². The average Bonchev–Trinajstić information content (AvgIpc) is 2.83. The molecule has 4 aromatic rings. The van der Waals surface area contributed by atoms with Gasteiger partial charge in [0.2, 0.25) is 0 Å². The Balaban J connectivity index is 1.48. The number of hydrogen-bond acceptors (Lipinski definition) is 7. The quantitative estimate of drug-likeness (QED) is 0.411. The number of nitrogens with zero attached hydrogens (tertiary/aromatic N) is 2. The van der Waals surface area contributed by atoms with Crippen LogP contribution in [0.25, 0.3) is 11.0 Å². The Labute approximate surface area is 191 Å². The first-order valence-corrected chi connectivity index (χ1v) is 11.5. The fraction of sp³-hybridized carbons (Fsp3) is 0.125. The summed E-state index contributed by atoms with van der Waals surface area (Å²) in [6.45, 7) is 1.71. The summed E-state index contributed by atoms with van der Waals surface area (Å²) in [7, 11) is -2.38. The summed E-state index contributed by atoms with van der Waals surface area (Å²) in [5.41, 5.74) is 3.13. The van der Waals surface area contributed by atoms with Crippen LogP contribution in [0.3, 0.4) is 0 Å². The van der Waals surface area contributed by atoms with E-state index in [1.165, 1.54) is 31.4 Å². The molecule has 1 N–H and O–H groups in total. The molecule has 0 fully saturated rings. The van der Waals surface area contributed by atoms with Gasteiger partial charge in [-0.05, 0) is 61.5 Å². The summed E-state index contributed by atoms with van der Waals surface area (Å²) in [4.78, 5) is 21.5. The van der Waals surface area contributed by atoms with Crippen LogP contribution in [0.1, 0.15) is 21.7 Å². The molecule has 0 saturated carbocycles. The first kappa shape index (κ1) is 22.2. The predicted octanol–water partition coefficient (Wildman–Crippen LogP) is 4.10. The van der Waals surface area contributed by atoms with Crippen LogP contribution in [0, 0.1) is 6.92 Å². The standard InChI is InChI=1S/C24H21N3O5S/c1-16-23(26-22-9-4-3-8-21(22)25-16)15-32-24(28)17-6-5-7-20(14-17)33(29,30)27-18-10-12-19(31-2)13-11-18/h3-14,27H,15H2,1-2H3. The second kappa shape index (κ2) is 9.25. The van der Waals surface area contributed by atoms with Crippen molar-refractivity contribution in [1.29, 1.82) is 0 Å². The van der Waals surface area contributed by atoms with Crippen molar-refractivity contribution in [3.05, 3.63) is 89.7 Å². The van der Waals surface area contributed by atoms with Crippen molar-refractivity contribution in [2.24, 2.45) is 0 Å². The molecule has 33 heavy (non-hydrogen) atoms. The normalized spacial score (nSPS) is 11.2. The predicted molar refractivity (Wildman–Crippen MR) is 124 cm³/mol. The number of esters is 1. The number of anilines is 1. The molecule has 3 aromatic carbocycles. The molecule has 0 aliphatic heterocycles. The number of carbonyl (C=O) groups excluding carboxylic acids is 1. The zero-order valence-corrected chi connectivity index (χ0v) is 18.8. The van der Waals surface area contributed by atoms with Crippen LogP contribution >= 0.6 is 0 Å². The van der Waals surface area contributed by atoms with E-state index in [4.69, 9.17) is 9.47 Å². The second-order valence-electron chi connectivity index (χ2n) is 7.18. The van der Waals surface area contributed by atoms with E-state index in [0.717, 1.165) is 5.52 Å². The molecule has 0 amide bonds. The van der Waals surface area contributed by atoms with Crippen LogP contribution in [0.4, 0.5) is 5.69 Å². The van der Waals surface area contributed by atoms with Crippen LogP contribution in [-0.4, -0.2) is 31.5 Å². The highest BCUT2D eigenvalue weighted by Gasteiger charge is 2.18. The highest BCUT2D eigenvalue weighted by molar-refractivity contribution is 7.92. The molecule has 4 rings (SSSR count). The number of aromatic nitrogens is 2. The number of para-hydroxylation sites is 2. The molecule has 0 spiro atoms. The number of sulfonamides is 1. The lowest BCUT2D eigenvalue weighted by Crippen LogP contribution is -2.14. The fourth-order valence-corrected chi connectivity index (χ4v) is 4.25. The lowest BCUT2D eigenvalue weighted by atomic mass is 10.2.